The van der Waals surface area contributed by atoms with Crippen LogP contribution in [0, 0.1) is 0 Å². The fourth-order valence-corrected chi connectivity index (χ4v) is 3.01. The molecular weight excluding hydrogens is 319 g/mol. The van der Waals surface area contributed by atoms with Crippen molar-refractivity contribution in [3.05, 3.63) is 34.9 Å². The third kappa shape index (κ3) is 5.14. The van der Waals surface area contributed by atoms with Crippen LogP contribution in [0.3, 0.4) is 0 Å². The average molecular weight is 345 g/mol. The minimum Gasteiger partial charge on any atom is -0.479 e. The van der Waals surface area contributed by atoms with E-state index in [1.807, 2.05) is 0 Å². The average Bonchev–Trinajstić information content (AvgIpc) is 2.60. The highest BCUT2D eigenvalue weighted by atomic mass is 19.4. The lowest BCUT2D eigenvalue weighted by atomic mass is 9.81. The van der Waals surface area contributed by atoms with Crippen molar-refractivity contribution in [2.75, 3.05) is 6.61 Å². The van der Waals surface area contributed by atoms with Crippen LogP contribution in [0.15, 0.2) is 23.4 Å². The number of hydrogen-bond acceptors (Lipinski definition) is 3. The predicted molar refractivity (Wildman–Crippen MR) is 86.8 cm³/mol. The molecule has 1 aliphatic carbocycles. The van der Waals surface area contributed by atoms with E-state index in [9.17, 15) is 13.2 Å². The second-order valence-corrected chi connectivity index (χ2v) is 5.87. The van der Waals surface area contributed by atoms with Gasteiger partial charge >= 0.3 is 6.18 Å². The Balaban J connectivity index is 2.33. The molecular formula is C18H24F3NO2. The van der Waals surface area contributed by atoms with Crippen LogP contribution in [-0.2, 0) is 22.3 Å². The Morgan fingerprint density at radius 3 is 2.62 bits per heavy atom. The smallest absolute Gasteiger partial charge is 0.416 e. The van der Waals surface area contributed by atoms with Crippen molar-refractivity contribution in [2.45, 2.75) is 64.6 Å². The van der Waals surface area contributed by atoms with Gasteiger partial charge in [-0.15, -0.1) is 0 Å². The molecule has 0 radical (unpaired) electrons. The quantitative estimate of drug-likeness (QED) is 0.393. The highest BCUT2D eigenvalue weighted by molar-refractivity contribution is 5.72. The molecule has 0 unspecified atom stereocenters. The maximum Gasteiger partial charge on any atom is 0.416 e. The van der Waals surface area contributed by atoms with Gasteiger partial charge in [-0.05, 0) is 42.9 Å². The summed E-state index contributed by atoms with van der Waals surface area (Å²) >= 11 is 0. The molecule has 0 spiro atoms. The van der Waals surface area contributed by atoms with Gasteiger partial charge in [-0.3, -0.25) is 0 Å². The van der Waals surface area contributed by atoms with Gasteiger partial charge in [0.05, 0.1) is 14.9 Å². The van der Waals surface area contributed by atoms with E-state index in [4.69, 9.17) is 12.3 Å². The van der Waals surface area contributed by atoms with Gasteiger partial charge in [0, 0.05) is 6.92 Å². The molecule has 1 aromatic carbocycles. The Labute approximate surface area is 143 Å². The molecule has 0 heterocycles. The zero-order valence-electron chi connectivity index (χ0n) is 15.9. The standard InChI is InChI=1S/C18H24F3NO2/c1-3-23-13(2)22-24-12-14-9-10-16(15-7-5-4-6-8-15)17(11-14)18(19,20)21/h9-11,15H,3-8,12H2,1-2H3/b22-13-/i12D2. The fraction of sp³-hybridized carbons (Fsp3) is 0.611. The lowest BCUT2D eigenvalue weighted by Gasteiger charge is -2.25. The number of halogens is 3. The minimum absolute atomic E-state index is 0.103. The minimum atomic E-state index is -4.55. The Morgan fingerprint density at radius 2 is 2.00 bits per heavy atom. The van der Waals surface area contributed by atoms with Gasteiger partial charge < -0.3 is 9.57 Å². The number of ether oxygens (including phenoxy) is 1. The van der Waals surface area contributed by atoms with Crippen molar-refractivity contribution in [1.82, 2.24) is 0 Å². The van der Waals surface area contributed by atoms with Gasteiger partial charge in [-0.1, -0.05) is 36.6 Å². The molecule has 0 aromatic heterocycles. The molecule has 6 heteroatoms. The molecule has 3 nitrogen and oxygen atoms in total. The van der Waals surface area contributed by atoms with Crippen molar-refractivity contribution in [1.29, 1.82) is 0 Å². The molecule has 0 amide bonds. The van der Waals surface area contributed by atoms with Crippen LogP contribution in [0.5, 0.6) is 0 Å². The molecule has 0 atom stereocenters. The van der Waals surface area contributed by atoms with Crippen LogP contribution in [0.4, 0.5) is 13.2 Å². The Bertz CT molecular complexity index is 642. The first-order chi connectivity index (χ1) is 12.1. The van der Waals surface area contributed by atoms with E-state index in [0.29, 0.717) is 6.61 Å². The molecule has 0 bridgehead atoms. The van der Waals surface area contributed by atoms with Gasteiger partial charge in [0.2, 0.25) is 5.90 Å². The summed E-state index contributed by atoms with van der Waals surface area (Å²) in [5.74, 6) is -0.0364. The number of hydrogen-bond donors (Lipinski definition) is 0. The summed E-state index contributed by atoms with van der Waals surface area (Å²) in [5, 5.41) is 3.50. The van der Waals surface area contributed by atoms with E-state index in [2.05, 4.69) is 5.16 Å². The molecule has 24 heavy (non-hydrogen) atoms. The van der Waals surface area contributed by atoms with Crippen LogP contribution in [0.2, 0.25) is 0 Å². The van der Waals surface area contributed by atoms with E-state index < -0.39 is 18.3 Å². The molecule has 0 N–H and O–H groups in total. The van der Waals surface area contributed by atoms with Gasteiger partial charge in [0.15, 0.2) is 0 Å². The second-order valence-electron chi connectivity index (χ2n) is 5.87. The summed E-state index contributed by atoms with van der Waals surface area (Å²) in [7, 11) is 0. The molecule has 1 aromatic rings. The highest BCUT2D eigenvalue weighted by Gasteiger charge is 2.35. The third-order valence-corrected chi connectivity index (χ3v) is 4.09. The Hall–Kier alpha value is -1.72. The topological polar surface area (TPSA) is 30.8 Å². The van der Waals surface area contributed by atoms with E-state index in [0.717, 1.165) is 38.2 Å². The van der Waals surface area contributed by atoms with Gasteiger partial charge in [0.1, 0.15) is 6.56 Å². The lowest BCUT2D eigenvalue weighted by molar-refractivity contribution is -0.138. The number of alkyl halides is 3. The summed E-state index contributed by atoms with van der Waals surface area (Å²) in [6.45, 7) is 1.04. The first-order valence-electron chi connectivity index (χ1n) is 9.22. The van der Waals surface area contributed by atoms with Crippen molar-refractivity contribution in [3.63, 3.8) is 0 Å². The van der Waals surface area contributed by atoms with Crippen molar-refractivity contribution >= 4 is 5.90 Å². The normalized spacial score (nSPS) is 18.8. The first kappa shape index (κ1) is 15.8. The van der Waals surface area contributed by atoms with Gasteiger partial charge in [-0.25, -0.2) is 0 Å². The largest absolute Gasteiger partial charge is 0.479 e. The first-order valence-corrected chi connectivity index (χ1v) is 8.22. The van der Waals surface area contributed by atoms with E-state index in [-0.39, 0.29) is 22.9 Å². The van der Waals surface area contributed by atoms with E-state index in [1.54, 1.807) is 6.92 Å². The SMILES string of the molecule is [2H]C([2H])(O/N=C(/C)OCC)c1ccc(C2CCCCC2)c(C(F)(F)F)c1. The molecule has 1 saturated carbocycles. The van der Waals surface area contributed by atoms with Crippen LogP contribution < -0.4 is 0 Å². The van der Waals surface area contributed by atoms with Crippen molar-refractivity contribution < 1.29 is 25.5 Å². The van der Waals surface area contributed by atoms with Crippen LogP contribution in [0.1, 0.15) is 71.3 Å². The molecule has 0 saturated heterocycles. The zero-order valence-corrected chi connectivity index (χ0v) is 13.9. The maximum absolute atomic E-state index is 13.6. The number of benzene rings is 1. The monoisotopic (exact) mass is 345 g/mol. The third-order valence-electron chi connectivity index (χ3n) is 4.09. The van der Waals surface area contributed by atoms with E-state index >= 15 is 0 Å². The number of oxime groups is 1. The van der Waals surface area contributed by atoms with E-state index in [1.165, 1.54) is 19.1 Å². The molecule has 1 aliphatic rings. The summed E-state index contributed by atoms with van der Waals surface area (Å²) in [6.07, 6.45) is -0.224. The van der Waals surface area contributed by atoms with Crippen LogP contribution in [0.25, 0.3) is 0 Å². The molecule has 134 valence electrons. The molecule has 0 aliphatic heterocycles. The summed E-state index contributed by atoms with van der Waals surface area (Å²) in [4.78, 5) is 4.81. The lowest BCUT2D eigenvalue weighted by Crippen LogP contribution is -2.15. The number of nitrogens with zero attached hydrogens (tertiary/aromatic N) is 1. The summed E-state index contributed by atoms with van der Waals surface area (Å²) < 4.78 is 61.6. The Kier molecular flexibility index (Phi) is 5.53. The highest BCUT2D eigenvalue weighted by Crippen LogP contribution is 2.41. The maximum atomic E-state index is 13.6. The van der Waals surface area contributed by atoms with Crippen molar-refractivity contribution in [3.8, 4) is 0 Å². The summed E-state index contributed by atoms with van der Waals surface area (Å²) in [6, 6.07) is 3.58. The zero-order chi connectivity index (χ0) is 19.4. The molecule has 1 fully saturated rings. The van der Waals surface area contributed by atoms with Crippen LogP contribution in [-0.4, -0.2) is 12.5 Å². The fourth-order valence-electron chi connectivity index (χ4n) is 3.01. The van der Waals surface area contributed by atoms with Gasteiger partial charge in [0.25, 0.3) is 0 Å². The predicted octanol–water partition coefficient (Wildman–Crippen LogP) is 5.64. The van der Waals surface area contributed by atoms with Gasteiger partial charge in [-0.2, -0.15) is 13.2 Å². The van der Waals surface area contributed by atoms with Crippen LogP contribution >= 0.6 is 0 Å². The molecule has 2 rings (SSSR count). The number of rotatable bonds is 5. The summed E-state index contributed by atoms with van der Waals surface area (Å²) in [5.41, 5.74) is -0.775. The Morgan fingerprint density at radius 1 is 1.29 bits per heavy atom. The van der Waals surface area contributed by atoms with Crippen molar-refractivity contribution in [2.24, 2.45) is 5.16 Å². The second kappa shape index (κ2) is 8.40.